The third kappa shape index (κ3) is 6.52. The molecule has 6 nitrogen and oxygen atoms in total. The number of guanidine groups is 1. The molecule has 0 unspecified atom stereocenters. The van der Waals surface area contributed by atoms with Crippen molar-refractivity contribution >= 4 is 29.9 Å². The molecule has 2 aromatic carbocycles. The minimum Gasteiger partial charge on any atom is -0.357 e. The van der Waals surface area contributed by atoms with Crippen molar-refractivity contribution in [1.82, 2.24) is 25.4 Å². The van der Waals surface area contributed by atoms with Crippen LogP contribution in [-0.2, 0) is 13.0 Å². The predicted molar refractivity (Wildman–Crippen MR) is 124 cm³/mol. The van der Waals surface area contributed by atoms with Crippen molar-refractivity contribution in [1.29, 1.82) is 0 Å². The number of aliphatic imine (C=N–C) groups is 1. The topological polar surface area (TPSA) is 67.1 Å². The number of nitrogens with one attached hydrogen (secondary N) is 2. The van der Waals surface area contributed by atoms with E-state index in [1.165, 1.54) is 6.07 Å². The third-order valence-electron chi connectivity index (χ3n) is 4.37. The largest absolute Gasteiger partial charge is 0.357 e. The zero-order valence-electron chi connectivity index (χ0n) is 16.6. The Balaban J connectivity index is 0.00000300. The smallest absolute Gasteiger partial charge is 0.191 e. The molecule has 0 bridgehead atoms. The van der Waals surface area contributed by atoms with E-state index in [0.29, 0.717) is 19.0 Å². The number of nitrogens with zero attached hydrogens (tertiary/aromatic N) is 4. The van der Waals surface area contributed by atoms with Crippen LogP contribution in [0.15, 0.2) is 59.9 Å². The van der Waals surface area contributed by atoms with Crippen LogP contribution >= 0.6 is 24.0 Å². The SMILES string of the molecule is CCNC(=NCc1nncn1-c1ccccc1)NCCc1ccc(F)cc1C.I. The monoisotopic (exact) mass is 508 g/mol. The van der Waals surface area contributed by atoms with Crippen LogP contribution in [-0.4, -0.2) is 33.8 Å². The maximum atomic E-state index is 13.2. The summed E-state index contributed by atoms with van der Waals surface area (Å²) in [6.45, 7) is 5.80. The fourth-order valence-electron chi connectivity index (χ4n) is 2.92. The van der Waals surface area contributed by atoms with Crippen molar-refractivity contribution in [2.45, 2.75) is 26.8 Å². The van der Waals surface area contributed by atoms with Gasteiger partial charge in [0.25, 0.3) is 0 Å². The van der Waals surface area contributed by atoms with Crippen LogP contribution in [0.4, 0.5) is 4.39 Å². The Hall–Kier alpha value is -2.49. The number of hydrogen-bond donors (Lipinski definition) is 2. The second-order valence-corrected chi connectivity index (χ2v) is 6.40. The molecule has 1 aromatic heterocycles. The van der Waals surface area contributed by atoms with Crippen LogP contribution in [0.3, 0.4) is 0 Å². The molecule has 29 heavy (non-hydrogen) atoms. The van der Waals surface area contributed by atoms with Crippen LogP contribution < -0.4 is 10.6 Å². The first-order chi connectivity index (χ1) is 13.7. The van der Waals surface area contributed by atoms with E-state index in [9.17, 15) is 4.39 Å². The van der Waals surface area contributed by atoms with E-state index in [1.807, 2.05) is 54.8 Å². The van der Waals surface area contributed by atoms with Gasteiger partial charge in [-0.05, 0) is 55.7 Å². The van der Waals surface area contributed by atoms with Crippen molar-refractivity contribution in [2.75, 3.05) is 13.1 Å². The molecule has 2 N–H and O–H groups in total. The molecule has 1 heterocycles. The number of aryl methyl sites for hydroxylation is 1. The van der Waals surface area contributed by atoms with E-state index in [-0.39, 0.29) is 29.8 Å². The molecule has 0 amide bonds. The maximum Gasteiger partial charge on any atom is 0.191 e. The Morgan fingerprint density at radius 2 is 1.93 bits per heavy atom. The average Bonchev–Trinajstić information content (AvgIpc) is 3.17. The molecule has 154 valence electrons. The van der Waals surface area contributed by atoms with Gasteiger partial charge in [0.1, 0.15) is 18.7 Å². The van der Waals surface area contributed by atoms with Gasteiger partial charge in [-0.15, -0.1) is 34.2 Å². The Morgan fingerprint density at radius 1 is 1.14 bits per heavy atom. The highest BCUT2D eigenvalue weighted by molar-refractivity contribution is 14.0. The lowest BCUT2D eigenvalue weighted by Gasteiger charge is -2.12. The lowest BCUT2D eigenvalue weighted by Crippen LogP contribution is -2.38. The van der Waals surface area contributed by atoms with Gasteiger partial charge < -0.3 is 10.6 Å². The van der Waals surface area contributed by atoms with Crippen molar-refractivity contribution in [2.24, 2.45) is 4.99 Å². The predicted octanol–water partition coefficient (Wildman–Crippen LogP) is 3.63. The number of para-hydroxylation sites is 1. The summed E-state index contributed by atoms with van der Waals surface area (Å²) >= 11 is 0. The Kier molecular flexibility index (Phi) is 9.04. The van der Waals surface area contributed by atoms with Gasteiger partial charge in [-0.25, -0.2) is 9.38 Å². The molecule has 0 fully saturated rings. The second-order valence-electron chi connectivity index (χ2n) is 6.40. The highest BCUT2D eigenvalue weighted by atomic mass is 127. The summed E-state index contributed by atoms with van der Waals surface area (Å²) in [6.07, 6.45) is 2.48. The lowest BCUT2D eigenvalue weighted by molar-refractivity contribution is 0.625. The summed E-state index contributed by atoms with van der Waals surface area (Å²) in [5.74, 6) is 1.27. The van der Waals surface area contributed by atoms with Gasteiger partial charge in [0.2, 0.25) is 0 Å². The van der Waals surface area contributed by atoms with Crippen molar-refractivity contribution in [3.63, 3.8) is 0 Å². The third-order valence-corrected chi connectivity index (χ3v) is 4.37. The molecule has 0 spiro atoms. The Morgan fingerprint density at radius 3 is 2.66 bits per heavy atom. The summed E-state index contributed by atoms with van der Waals surface area (Å²) in [5.41, 5.74) is 3.08. The number of rotatable bonds is 7. The van der Waals surface area contributed by atoms with Crippen LogP contribution in [0.5, 0.6) is 0 Å². The van der Waals surface area contributed by atoms with Gasteiger partial charge in [0, 0.05) is 18.8 Å². The minimum absolute atomic E-state index is 0. The molecule has 0 aliphatic heterocycles. The van der Waals surface area contributed by atoms with E-state index in [0.717, 1.165) is 35.6 Å². The van der Waals surface area contributed by atoms with Crippen molar-refractivity contribution < 1.29 is 4.39 Å². The highest BCUT2D eigenvalue weighted by Crippen LogP contribution is 2.11. The van der Waals surface area contributed by atoms with E-state index in [2.05, 4.69) is 25.8 Å². The highest BCUT2D eigenvalue weighted by Gasteiger charge is 2.07. The van der Waals surface area contributed by atoms with E-state index in [1.54, 1.807) is 12.4 Å². The average molecular weight is 508 g/mol. The van der Waals surface area contributed by atoms with Crippen molar-refractivity contribution in [3.05, 3.63) is 77.6 Å². The van der Waals surface area contributed by atoms with E-state index < -0.39 is 0 Å². The first-order valence-corrected chi connectivity index (χ1v) is 9.39. The molecule has 3 aromatic rings. The van der Waals surface area contributed by atoms with E-state index in [4.69, 9.17) is 0 Å². The molecule has 8 heteroatoms. The van der Waals surface area contributed by atoms with Gasteiger partial charge in [-0.1, -0.05) is 24.3 Å². The fourth-order valence-corrected chi connectivity index (χ4v) is 2.92. The van der Waals surface area contributed by atoms with Crippen LogP contribution in [0.2, 0.25) is 0 Å². The quantitative estimate of drug-likeness (QED) is 0.291. The van der Waals surface area contributed by atoms with Gasteiger partial charge in [-0.3, -0.25) is 4.57 Å². The van der Waals surface area contributed by atoms with Gasteiger partial charge in [0.15, 0.2) is 11.8 Å². The Bertz CT molecular complexity index is 926. The normalized spacial score (nSPS) is 11.1. The molecule has 0 saturated heterocycles. The summed E-state index contributed by atoms with van der Waals surface area (Å²) < 4.78 is 15.2. The fraction of sp³-hybridized carbons (Fsp3) is 0.286. The summed E-state index contributed by atoms with van der Waals surface area (Å²) in [5, 5.41) is 14.8. The molecule has 0 radical (unpaired) electrons. The van der Waals surface area contributed by atoms with Gasteiger partial charge in [0.05, 0.1) is 0 Å². The Labute approximate surface area is 187 Å². The summed E-state index contributed by atoms with van der Waals surface area (Å²) in [6, 6.07) is 14.8. The van der Waals surface area contributed by atoms with Crippen LogP contribution in [0.1, 0.15) is 23.9 Å². The number of benzene rings is 2. The first kappa shape index (κ1) is 22.8. The molecule has 0 aliphatic carbocycles. The number of hydrogen-bond acceptors (Lipinski definition) is 3. The second kappa shape index (κ2) is 11.5. The maximum absolute atomic E-state index is 13.2. The molecule has 3 rings (SSSR count). The number of aromatic nitrogens is 3. The minimum atomic E-state index is -0.202. The summed E-state index contributed by atoms with van der Waals surface area (Å²) in [7, 11) is 0. The van der Waals surface area contributed by atoms with E-state index >= 15 is 0 Å². The molecule has 0 aliphatic rings. The first-order valence-electron chi connectivity index (χ1n) is 9.39. The van der Waals surface area contributed by atoms with Gasteiger partial charge in [-0.2, -0.15) is 0 Å². The molecular weight excluding hydrogens is 482 g/mol. The molecule has 0 saturated carbocycles. The number of halogens is 2. The van der Waals surface area contributed by atoms with Crippen molar-refractivity contribution in [3.8, 4) is 5.69 Å². The summed E-state index contributed by atoms with van der Waals surface area (Å²) in [4.78, 5) is 4.62. The van der Waals surface area contributed by atoms with Gasteiger partial charge >= 0.3 is 0 Å². The molecular formula is C21H26FIN6. The zero-order valence-corrected chi connectivity index (χ0v) is 18.9. The standard InChI is InChI=1S/C21H25FN6.HI/c1-3-23-21(24-12-11-17-9-10-18(22)13-16(17)2)25-14-20-27-26-15-28(20)19-7-5-4-6-8-19;/h4-10,13,15H,3,11-12,14H2,1-2H3,(H2,23,24,25);1H. The van der Waals surface area contributed by atoms with Crippen LogP contribution in [0, 0.1) is 12.7 Å². The molecule has 0 atom stereocenters. The lowest BCUT2D eigenvalue weighted by atomic mass is 10.1. The zero-order chi connectivity index (χ0) is 19.8. The van der Waals surface area contributed by atoms with Crippen LogP contribution in [0.25, 0.3) is 5.69 Å².